The summed E-state index contributed by atoms with van der Waals surface area (Å²) >= 11 is 0. The smallest absolute Gasteiger partial charge is 0.253 e. The minimum absolute atomic E-state index is 0.0122. The van der Waals surface area contributed by atoms with Gasteiger partial charge < -0.3 is 24.8 Å². The summed E-state index contributed by atoms with van der Waals surface area (Å²) in [7, 11) is 4.79. The van der Waals surface area contributed by atoms with Crippen LogP contribution in [0.3, 0.4) is 0 Å². The molecule has 0 spiro atoms. The van der Waals surface area contributed by atoms with Crippen molar-refractivity contribution in [2.75, 3.05) is 40.2 Å². The third-order valence-corrected chi connectivity index (χ3v) is 6.19. The molecule has 34 heavy (non-hydrogen) atoms. The highest BCUT2D eigenvalue weighted by Gasteiger charge is 2.26. The van der Waals surface area contributed by atoms with Crippen molar-refractivity contribution >= 4 is 11.9 Å². The number of nitrogens with two attached hydrogens (primary N) is 1. The standard InChI is InChI=1S/C26H30N4O4/c1-32-21-7-4-17(5-8-21)14-20-16-22(29-26(27)28-20)18-10-12-30(13-11-18)25(31)19-6-9-23(33-2)24(15-19)34-3/h4-9,15-16,18H,10-14H2,1-3H3,(H2,27,28,29). The van der Waals surface area contributed by atoms with Gasteiger partial charge in [-0.2, -0.15) is 0 Å². The SMILES string of the molecule is COc1ccc(Cc2cc(C3CCN(C(=O)c4ccc(OC)c(OC)c4)CC3)nc(N)n2)cc1. The second kappa shape index (κ2) is 10.4. The lowest BCUT2D eigenvalue weighted by molar-refractivity contribution is 0.0711. The Morgan fingerprint density at radius 2 is 1.65 bits per heavy atom. The topological polar surface area (TPSA) is 99.8 Å². The Hall–Kier alpha value is -3.81. The largest absolute Gasteiger partial charge is 0.497 e. The Labute approximate surface area is 199 Å². The van der Waals surface area contributed by atoms with E-state index in [0.717, 1.165) is 35.5 Å². The zero-order chi connectivity index (χ0) is 24.1. The molecule has 1 aliphatic heterocycles. The van der Waals surface area contributed by atoms with Crippen molar-refractivity contribution in [1.82, 2.24) is 14.9 Å². The highest BCUT2D eigenvalue weighted by molar-refractivity contribution is 5.95. The number of hydrogen-bond acceptors (Lipinski definition) is 7. The fourth-order valence-electron chi connectivity index (χ4n) is 4.32. The number of hydrogen-bond donors (Lipinski definition) is 1. The first-order chi connectivity index (χ1) is 16.5. The predicted molar refractivity (Wildman–Crippen MR) is 130 cm³/mol. The summed E-state index contributed by atoms with van der Waals surface area (Å²) in [5.41, 5.74) is 9.58. The number of ether oxygens (including phenoxy) is 3. The van der Waals surface area contributed by atoms with Gasteiger partial charge in [-0.3, -0.25) is 4.79 Å². The fraction of sp³-hybridized carbons (Fsp3) is 0.346. The van der Waals surface area contributed by atoms with Crippen molar-refractivity contribution in [3.63, 3.8) is 0 Å². The van der Waals surface area contributed by atoms with Crippen LogP contribution in [-0.2, 0) is 6.42 Å². The first kappa shape index (κ1) is 23.4. The van der Waals surface area contributed by atoms with Crippen LogP contribution in [0.4, 0.5) is 5.95 Å². The van der Waals surface area contributed by atoms with E-state index in [9.17, 15) is 4.79 Å². The molecule has 2 N–H and O–H groups in total. The highest BCUT2D eigenvalue weighted by atomic mass is 16.5. The fourth-order valence-corrected chi connectivity index (χ4v) is 4.32. The van der Waals surface area contributed by atoms with Crippen molar-refractivity contribution in [3.8, 4) is 17.2 Å². The van der Waals surface area contributed by atoms with Gasteiger partial charge in [-0.15, -0.1) is 0 Å². The van der Waals surface area contributed by atoms with E-state index >= 15 is 0 Å². The van der Waals surface area contributed by atoms with Crippen LogP contribution in [0.5, 0.6) is 17.2 Å². The maximum Gasteiger partial charge on any atom is 0.253 e. The quantitative estimate of drug-likeness (QED) is 0.571. The number of anilines is 1. The van der Waals surface area contributed by atoms with Crippen LogP contribution >= 0.6 is 0 Å². The van der Waals surface area contributed by atoms with Crippen LogP contribution in [0, 0.1) is 0 Å². The zero-order valence-corrected chi connectivity index (χ0v) is 19.8. The summed E-state index contributed by atoms with van der Waals surface area (Å²) in [6.45, 7) is 1.30. The molecule has 0 atom stereocenters. The van der Waals surface area contributed by atoms with Gasteiger partial charge in [-0.05, 0) is 54.8 Å². The Morgan fingerprint density at radius 1 is 0.941 bits per heavy atom. The van der Waals surface area contributed by atoms with Gasteiger partial charge in [0.1, 0.15) is 5.75 Å². The lowest BCUT2D eigenvalue weighted by atomic mass is 9.92. The number of methoxy groups -OCH3 is 3. The van der Waals surface area contributed by atoms with E-state index in [4.69, 9.17) is 19.9 Å². The lowest BCUT2D eigenvalue weighted by Gasteiger charge is -2.32. The maximum absolute atomic E-state index is 13.0. The van der Waals surface area contributed by atoms with Crippen LogP contribution in [0.1, 0.15) is 46.1 Å². The first-order valence-corrected chi connectivity index (χ1v) is 11.3. The molecule has 1 aliphatic rings. The molecule has 8 heteroatoms. The van der Waals surface area contributed by atoms with E-state index in [1.54, 1.807) is 39.5 Å². The third kappa shape index (κ3) is 5.22. The Kier molecular flexibility index (Phi) is 7.15. The molecule has 1 aromatic heterocycles. The van der Waals surface area contributed by atoms with Gasteiger partial charge in [0, 0.05) is 36.7 Å². The molecule has 0 radical (unpaired) electrons. The number of rotatable bonds is 7. The predicted octanol–water partition coefficient (Wildman–Crippen LogP) is 3.70. The van der Waals surface area contributed by atoms with Gasteiger partial charge in [0.15, 0.2) is 11.5 Å². The van der Waals surface area contributed by atoms with E-state index in [1.807, 2.05) is 35.2 Å². The van der Waals surface area contributed by atoms with Crippen molar-refractivity contribution < 1.29 is 19.0 Å². The summed E-state index contributed by atoms with van der Waals surface area (Å²) in [5, 5.41) is 0. The number of benzene rings is 2. The summed E-state index contributed by atoms with van der Waals surface area (Å²) in [6, 6.07) is 15.2. The van der Waals surface area contributed by atoms with E-state index in [2.05, 4.69) is 9.97 Å². The first-order valence-electron chi connectivity index (χ1n) is 11.3. The molecule has 1 fully saturated rings. The maximum atomic E-state index is 13.0. The van der Waals surface area contributed by atoms with Gasteiger partial charge in [0.05, 0.1) is 27.0 Å². The number of nitrogen functional groups attached to an aromatic ring is 1. The van der Waals surface area contributed by atoms with E-state index in [1.165, 1.54) is 0 Å². The normalized spacial score (nSPS) is 14.0. The number of carbonyl (C=O) groups is 1. The highest BCUT2D eigenvalue weighted by Crippen LogP contribution is 2.31. The van der Waals surface area contributed by atoms with Gasteiger partial charge >= 0.3 is 0 Å². The van der Waals surface area contributed by atoms with E-state index in [0.29, 0.717) is 36.6 Å². The number of likely N-dealkylation sites (tertiary alicyclic amines) is 1. The number of amides is 1. The summed E-state index contributed by atoms with van der Waals surface area (Å²) in [6.07, 6.45) is 2.30. The van der Waals surface area contributed by atoms with Crippen molar-refractivity contribution in [1.29, 1.82) is 0 Å². The van der Waals surface area contributed by atoms with Gasteiger partial charge in [-0.1, -0.05) is 12.1 Å². The molecule has 0 saturated carbocycles. The van der Waals surface area contributed by atoms with Crippen LogP contribution < -0.4 is 19.9 Å². The van der Waals surface area contributed by atoms with Crippen LogP contribution in [0.2, 0.25) is 0 Å². The van der Waals surface area contributed by atoms with Gasteiger partial charge in [-0.25, -0.2) is 9.97 Å². The van der Waals surface area contributed by atoms with Crippen LogP contribution in [-0.4, -0.2) is 55.2 Å². The monoisotopic (exact) mass is 462 g/mol. The second-order valence-corrected chi connectivity index (χ2v) is 8.30. The van der Waals surface area contributed by atoms with Gasteiger partial charge in [0.2, 0.25) is 5.95 Å². The van der Waals surface area contributed by atoms with Crippen molar-refractivity contribution in [2.24, 2.45) is 0 Å². The molecule has 3 aromatic rings. The molecule has 2 aromatic carbocycles. The molecule has 0 aliphatic carbocycles. The van der Waals surface area contributed by atoms with Crippen molar-refractivity contribution in [3.05, 3.63) is 71.0 Å². The summed E-state index contributed by atoms with van der Waals surface area (Å²) in [5.74, 6) is 2.47. The number of aromatic nitrogens is 2. The Balaban J connectivity index is 1.42. The molecule has 0 bridgehead atoms. The average Bonchev–Trinajstić information content (AvgIpc) is 2.88. The minimum Gasteiger partial charge on any atom is -0.497 e. The second-order valence-electron chi connectivity index (χ2n) is 8.30. The molecular weight excluding hydrogens is 432 g/mol. The number of piperidine rings is 1. The van der Waals surface area contributed by atoms with Crippen LogP contribution in [0.25, 0.3) is 0 Å². The Bertz CT molecular complexity index is 1140. The minimum atomic E-state index is -0.0122. The molecule has 4 rings (SSSR count). The van der Waals surface area contributed by atoms with E-state index in [-0.39, 0.29) is 17.8 Å². The molecule has 178 valence electrons. The lowest BCUT2D eigenvalue weighted by Crippen LogP contribution is -2.38. The summed E-state index contributed by atoms with van der Waals surface area (Å²) in [4.78, 5) is 23.9. The number of carbonyl (C=O) groups excluding carboxylic acids is 1. The van der Waals surface area contributed by atoms with Crippen LogP contribution in [0.15, 0.2) is 48.5 Å². The summed E-state index contributed by atoms with van der Waals surface area (Å²) < 4.78 is 15.8. The Morgan fingerprint density at radius 3 is 2.29 bits per heavy atom. The van der Waals surface area contributed by atoms with Gasteiger partial charge in [0.25, 0.3) is 5.91 Å². The zero-order valence-electron chi connectivity index (χ0n) is 19.8. The molecule has 2 heterocycles. The molecule has 0 unspecified atom stereocenters. The number of nitrogens with zero attached hydrogens (tertiary/aromatic N) is 3. The molecular formula is C26H30N4O4. The molecule has 1 saturated heterocycles. The van der Waals surface area contributed by atoms with E-state index < -0.39 is 0 Å². The average molecular weight is 463 g/mol. The molecule has 8 nitrogen and oxygen atoms in total. The molecule has 1 amide bonds. The van der Waals surface area contributed by atoms with Crippen molar-refractivity contribution in [2.45, 2.75) is 25.2 Å². The third-order valence-electron chi connectivity index (χ3n) is 6.19.